The highest BCUT2D eigenvalue weighted by Gasteiger charge is 2.42. The largest absolute Gasteiger partial charge is 0.391 e. The van der Waals surface area contributed by atoms with Crippen LogP contribution in [-0.4, -0.2) is 18.6 Å². The molecule has 0 heterocycles. The minimum Gasteiger partial charge on any atom is -0.356 e. The number of carbonyl (C=O) groups excluding carboxylic acids is 1. The van der Waals surface area contributed by atoms with Gasteiger partial charge in [0.2, 0.25) is 5.91 Å². The van der Waals surface area contributed by atoms with Gasteiger partial charge in [0, 0.05) is 18.9 Å². The number of halogens is 3. The summed E-state index contributed by atoms with van der Waals surface area (Å²) in [6, 6.07) is 2.02. The van der Waals surface area contributed by atoms with Crippen molar-refractivity contribution in [2.45, 2.75) is 51.1 Å². The summed E-state index contributed by atoms with van der Waals surface area (Å²) in [6.45, 7) is 0.500. The van der Waals surface area contributed by atoms with Gasteiger partial charge in [0.1, 0.15) is 0 Å². The van der Waals surface area contributed by atoms with Crippen LogP contribution in [0.5, 0.6) is 0 Å². The van der Waals surface area contributed by atoms with Gasteiger partial charge in [-0.2, -0.15) is 18.4 Å². The molecule has 1 rings (SSSR count). The molecule has 0 aromatic rings. The predicted octanol–water partition coefficient (Wildman–Crippen LogP) is 3.17. The highest BCUT2D eigenvalue weighted by molar-refractivity contribution is 5.78. The highest BCUT2D eigenvalue weighted by Crippen LogP contribution is 2.39. The Bertz CT molecular complexity index is 328. The Balaban J connectivity index is 2.20. The fourth-order valence-corrected chi connectivity index (χ4v) is 2.37. The molecule has 0 radical (unpaired) electrons. The van der Waals surface area contributed by atoms with E-state index >= 15 is 0 Å². The van der Waals surface area contributed by atoms with Gasteiger partial charge in [-0.15, -0.1) is 0 Å². The lowest BCUT2D eigenvalue weighted by Gasteiger charge is -2.29. The molecule has 3 nitrogen and oxygen atoms in total. The molecule has 1 N–H and O–H groups in total. The van der Waals surface area contributed by atoms with Gasteiger partial charge in [-0.1, -0.05) is 0 Å². The second-order valence-corrected chi connectivity index (χ2v) is 5.00. The lowest BCUT2D eigenvalue weighted by molar-refractivity contribution is -0.184. The number of nitrogens with one attached hydrogen (secondary N) is 1. The van der Waals surface area contributed by atoms with E-state index in [0.717, 1.165) is 12.8 Å². The number of carbonyl (C=O) groups is 1. The molecule has 0 aromatic carbocycles. The van der Waals surface area contributed by atoms with E-state index in [9.17, 15) is 18.0 Å². The topological polar surface area (TPSA) is 52.9 Å². The lowest BCUT2D eigenvalue weighted by atomic mass is 9.81. The van der Waals surface area contributed by atoms with Crippen LogP contribution in [0.4, 0.5) is 13.2 Å². The first kappa shape index (κ1) is 15.8. The molecule has 0 aliphatic heterocycles. The van der Waals surface area contributed by atoms with Crippen molar-refractivity contribution < 1.29 is 18.0 Å². The maximum Gasteiger partial charge on any atom is 0.391 e. The molecular formula is C13H19F3N2O. The monoisotopic (exact) mass is 276 g/mol. The average Bonchev–Trinajstić information content (AvgIpc) is 2.37. The van der Waals surface area contributed by atoms with E-state index in [0.29, 0.717) is 25.8 Å². The lowest BCUT2D eigenvalue weighted by Crippen LogP contribution is -2.36. The summed E-state index contributed by atoms with van der Waals surface area (Å²) in [5, 5.41) is 11.1. The van der Waals surface area contributed by atoms with Crippen LogP contribution in [0.3, 0.4) is 0 Å². The van der Waals surface area contributed by atoms with E-state index in [-0.39, 0.29) is 24.7 Å². The molecule has 0 saturated heterocycles. The van der Waals surface area contributed by atoms with Crippen LogP contribution in [-0.2, 0) is 4.79 Å². The van der Waals surface area contributed by atoms with Crippen molar-refractivity contribution in [3.8, 4) is 6.07 Å². The summed E-state index contributed by atoms with van der Waals surface area (Å²) < 4.78 is 37.4. The molecule has 1 aliphatic rings. The van der Waals surface area contributed by atoms with Gasteiger partial charge in [0.05, 0.1) is 12.0 Å². The van der Waals surface area contributed by atoms with Crippen molar-refractivity contribution in [2.75, 3.05) is 6.54 Å². The van der Waals surface area contributed by atoms with Crippen LogP contribution in [0.15, 0.2) is 0 Å². The minimum atomic E-state index is -4.13. The van der Waals surface area contributed by atoms with Gasteiger partial charge < -0.3 is 5.32 Å². The Morgan fingerprint density at radius 3 is 2.37 bits per heavy atom. The number of nitriles is 1. The third-order valence-electron chi connectivity index (χ3n) is 3.58. The van der Waals surface area contributed by atoms with Gasteiger partial charge in [-0.05, 0) is 38.5 Å². The first-order valence-electron chi connectivity index (χ1n) is 6.66. The standard InChI is InChI=1S/C13H19F3N2O/c14-13(15,16)11-6-4-10(5-7-11)12(19)18-9-3-1-2-8-17/h10-11H,1-7,9H2,(H,18,19). The van der Waals surface area contributed by atoms with Gasteiger partial charge in [-0.25, -0.2) is 0 Å². The number of hydrogen-bond donors (Lipinski definition) is 1. The zero-order valence-corrected chi connectivity index (χ0v) is 10.8. The van der Waals surface area contributed by atoms with E-state index in [1.54, 1.807) is 0 Å². The number of alkyl halides is 3. The van der Waals surface area contributed by atoms with Crippen molar-refractivity contribution in [3.63, 3.8) is 0 Å². The van der Waals surface area contributed by atoms with E-state index in [4.69, 9.17) is 5.26 Å². The zero-order valence-electron chi connectivity index (χ0n) is 10.8. The highest BCUT2D eigenvalue weighted by atomic mass is 19.4. The van der Waals surface area contributed by atoms with Crippen molar-refractivity contribution in [2.24, 2.45) is 11.8 Å². The summed E-state index contributed by atoms with van der Waals surface area (Å²) >= 11 is 0. The third-order valence-corrected chi connectivity index (χ3v) is 3.58. The maximum absolute atomic E-state index is 12.5. The molecule has 0 spiro atoms. The number of hydrogen-bond acceptors (Lipinski definition) is 2. The summed E-state index contributed by atoms with van der Waals surface area (Å²) in [5.74, 6) is -1.67. The van der Waals surface area contributed by atoms with Crippen LogP contribution >= 0.6 is 0 Å². The van der Waals surface area contributed by atoms with Crippen LogP contribution in [0, 0.1) is 23.2 Å². The molecular weight excluding hydrogens is 257 g/mol. The van der Waals surface area contributed by atoms with Crippen molar-refractivity contribution >= 4 is 5.91 Å². The van der Waals surface area contributed by atoms with Gasteiger partial charge in [-0.3, -0.25) is 4.79 Å². The molecule has 1 saturated carbocycles. The molecule has 0 unspecified atom stereocenters. The molecule has 1 aliphatic carbocycles. The van der Waals surface area contributed by atoms with Crippen molar-refractivity contribution in [1.82, 2.24) is 5.32 Å². The van der Waals surface area contributed by atoms with Crippen molar-refractivity contribution in [1.29, 1.82) is 5.26 Å². The fourth-order valence-electron chi connectivity index (χ4n) is 2.37. The Labute approximate surface area is 111 Å². The number of unbranched alkanes of at least 4 members (excludes halogenated alkanes) is 2. The Hall–Kier alpha value is -1.25. The smallest absolute Gasteiger partial charge is 0.356 e. The summed E-state index contributed by atoms with van der Waals surface area (Å²) in [6.07, 6.45) is -1.46. The average molecular weight is 276 g/mol. The summed E-state index contributed by atoms with van der Waals surface area (Å²) in [7, 11) is 0. The normalized spacial score (nSPS) is 23.7. The molecule has 0 aromatic heterocycles. The second-order valence-electron chi connectivity index (χ2n) is 5.00. The van der Waals surface area contributed by atoms with Gasteiger partial charge >= 0.3 is 6.18 Å². The molecule has 1 amide bonds. The number of nitrogens with zero attached hydrogens (tertiary/aromatic N) is 1. The maximum atomic E-state index is 12.5. The first-order valence-corrected chi connectivity index (χ1v) is 6.66. The zero-order chi connectivity index (χ0) is 14.3. The van der Waals surface area contributed by atoms with E-state index in [1.165, 1.54) is 0 Å². The van der Waals surface area contributed by atoms with Gasteiger partial charge in [0.15, 0.2) is 0 Å². The molecule has 19 heavy (non-hydrogen) atoms. The molecule has 108 valence electrons. The van der Waals surface area contributed by atoms with E-state index in [1.807, 2.05) is 6.07 Å². The Morgan fingerprint density at radius 2 is 1.84 bits per heavy atom. The second kappa shape index (κ2) is 7.37. The Morgan fingerprint density at radius 1 is 1.21 bits per heavy atom. The van der Waals surface area contributed by atoms with E-state index in [2.05, 4.69) is 5.32 Å². The minimum absolute atomic E-state index is 0.0516. The molecule has 1 fully saturated rings. The van der Waals surface area contributed by atoms with Crippen LogP contribution < -0.4 is 5.32 Å². The Kier molecular flexibility index (Phi) is 6.13. The predicted molar refractivity (Wildman–Crippen MR) is 64.0 cm³/mol. The summed E-state index contributed by atoms with van der Waals surface area (Å²) in [5.41, 5.74) is 0. The molecule has 0 atom stereocenters. The third kappa shape index (κ3) is 5.50. The first-order chi connectivity index (χ1) is 8.95. The fraction of sp³-hybridized carbons (Fsp3) is 0.846. The van der Waals surface area contributed by atoms with Crippen LogP contribution in [0.2, 0.25) is 0 Å². The quantitative estimate of drug-likeness (QED) is 0.784. The number of amides is 1. The van der Waals surface area contributed by atoms with Crippen molar-refractivity contribution in [3.05, 3.63) is 0 Å². The van der Waals surface area contributed by atoms with Gasteiger partial charge in [0.25, 0.3) is 0 Å². The SMILES string of the molecule is N#CCCCCNC(=O)C1CCC(C(F)(F)F)CC1. The molecule has 6 heteroatoms. The summed E-state index contributed by atoms with van der Waals surface area (Å²) in [4.78, 5) is 11.7. The van der Waals surface area contributed by atoms with Crippen LogP contribution in [0.25, 0.3) is 0 Å². The number of rotatable bonds is 5. The molecule has 0 bridgehead atoms. The van der Waals surface area contributed by atoms with Crippen LogP contribution in [0.1, 0.15) is 44.9 Å². The van der Waals surface area contributed by atoms with E-state index < -0.39 is 12.1 Å².